The first kappa shape index (κ1) is 38.3. The Bertz CT molecular complexity index is 1780. The van der Waals surface area contributed by atoms with E-state index in [9.17, 15) is 29.4 Å². The SMILES string of the molecule is NN(CCCCCC(=O)NCCOCCOCCCCCCCl)C(=O)c1ccc(C(=O)O)c(-c2c3ccc(=O)cc-3oc3cc(O)ccc23)c1. The number of halogens is 1. The number of carbonyl (C=O) groups excluding carboxylic acids is 2. The predicted octanol–water partition coefficient (Wildman–Crippen LogP) is 5.79. The van der Waals surface area contributed by atoms with Crippen molar-refractivity contribution in [2.24, 2.45) is 5.84 Å². The van der Waals surface area contributed by atoms with Crippen molar-refractivity contribution in [1.82, 2.24) is 10.3 Å². The number of rotatable bonds is 21. The van der Waals surface area contributed by atoms with E-state index in [0.29, 0.717) is 81.0 Å². The number of carboxylic acids is 1. The number of fused-ring (bicyclic) bond motifs is 2. The maximum absolute atomic E-state index is 13.4. The molecule has 2 aliphatic rings. The lowest BCUT2D eigenvalue weighted by Gasteiger charge is -2.19. The topological polar surface area (TPSA) is 182 Å². The van der Waals surface area contributed by atoms with E-state index in [1.54, 1.807) is 6.07 Å². The van der Waals surface area contributed by atoms with Gasteiger partial charge in [0.15, 0.2) is 5.43 Å². The second kappa shape index (κ2) is 19.6. The zero-order valence-corrected chi connectivity index (χ0v) is 28.7. The third-order valence-corrected chi connectivity index (χ3v) is 8.39. The van der Waals surface area contributed by atoms with Crippen LogP contribution in [0, 0.1) is 0 Å². The average Bonchev–Trinajstić information content (AvgIpc) is 3.10. The van der Waals surface area contributed by atoms with Gasteiger partial charge in [-0.15, -0.1) is 11.6 Å². The molecule has 0 bridgehead atoms. The highest BCUT2D eigenvalue weighted by molar-refractivity contribution is 6.17. The number of phenols is 1. The number of hydrogen-bond acceptors (Lipinski definition) is 9. The number of ether oxygens (including phenoxy) is 2. The molecule has 1 heterocycles. The fraction of sp³-hybridized carbons (Fsp3) is 0.405. The number of aromatic hydroxyl groups is 1. The minimum absolute atomic E-state index is 0.0721. The second-order valence-corrected chi connectivity index (χ2v) is 12.2. The molecule has 268 valence electrons. The molecule has 2 aromatic carbocycles. The maximum Gasteiger partial charge on any atom is 0.336 e. The standard InChI is InChI=1S/C37H44ClN3O9/c38-15-5-1-2-7-18-48-20-21-49-19-16-40-34(44)8-4-3-6-17-41(39)36(45)25-9-12-28(37(46)47)31(22-25)35-29-13-10-26(42)23-32(29)50-33-24-27(43)11-14-30(33)35/h9-14,22-24,42H,1-8,15-21,39H2,(H,40,44)(H,46,47). The van der Waals surface area contributed by atoms with Crippen molar-refractivity contribution in [2.75, 3.05) is 45.4 Å². The first-order chi connectivity index (χ1) is 24.2. The van der Waals surface area contributed by atoms with E-state index in [2.05, 4.69) is 5.32 Å². The third kappa shape index (κ3) is 11.0. The van der Waals surface area contributed by atoms with Crippen molar-refractivity contribution >= 4 is 40.4 Å². The number of unbranched alkanes of at least 4 members (excludes halogenated alkanes) is 5. The highest BCUT2D eigenvalue weighted by Crippen LogP contribution is 2.42. The van der Waals surface area contributed by atoms with Crippen LogP contribution in [-0.4, -0.2) is 78.4 Å². The van der Waals surface area contributed by atoms with Crippen molar-refractivity contribution in [3.05, 3.63) is 75.9 Å². The number of hydrazine groups is 1. The molecule has 4 rings (SSSR count). The van der Waals surface area contributed by atoms with Crippen LogP contribution in [0.1, 0.15) is 72.1 Å². The zero-order chi connectivity index (χ0) is 35.9. The summed E-state index contributed by atoms with van der Waals surface area (Å²) in [5.74, 6) is 5.15. The van der Waals surface area contributed by atoms with E-state index < -0.39 is 11.9 Å². The number of carboxylic acid groups (broad SMARTS) is 1. The average molecular weight is 710 g/mol. The molecular weight excluding hydrogens is 666 g/mol. The summed E-state index contributed by atoms with van der Waals surface area (Å²) in [6, 6.07) is 12.8. The Balaban J connectivity index is 1.26. The van der Waals surface area contributed by atoms with Crippen molar-refractivity contribution in [3.8, 4) is 28.2 Å². The maximum atomic E-state index is 13.4. The lowest BCUT2D eigenvalue weighted by Crippen LogP contribution is -2.38. The van der Waals surface area contributed by atoms with Gasteiger partial charge in [0.25, 0.3) is 5.91 Å². The summed E-state index contributed by atoms with van der Waals surface area (Å²) in [4.78, 5) is 50.0. The van der Waals surface area contributed by atoms with Gasteiger partial charge in [-0.25, -0.2) is 10.6 Å². The minimum Gasteiger partial charge on any atom is -0.508 e. The van der Waals surface area contributed by atoms with Crippen LogP contribution in [-0.2, 0) is 14.3 Å². The number of hydrogen-bond donors (Lipinski definition) is 4. The summed E-state index contributed by atoms with van der Waals surface area (Å²) < 4.78 is 16.9. The van der Waals surface area contributed by atoms with E-state index in [4.69, 9.17) is 31.3 Å². The summed E-state index contributed by atoms with van der Waals surface area (Å²) in [6.45, 7) is 2.74. The number of benzene rings is 3. The van der Waals surface area contributed by atoms with Crippen LogP contribution in [0.25, 0.3) is 33.4 Å². The highest BCUT2D eigenvalue weighted by Gasteiger charge is 2.24. The largest absolute Gasteiger partial charge is 0.508 e. The molecule has 0 saturated carbocycles. The molecule has 0 radical (unpaired) electrons. The molecule has 2 aromatic rings. The summed E-state index contributed by atoms with van der Waals surface area (Å²) >= 11 is 5.66. The van der Waals surface area contributed by atoms with Gasteiger partial charge in [-0.3, -0.25) is 19.4 Å². The molecular formula is C37H44ClN3O9. The van der Waals surface area contributed by atoms with Gasteiger partial charge in [-0.2, -0.15) is 0 Å². The number of nitrogens with two attached hydrogens (primary N) is 1. The van der Waals surface area contributed by atoms with Gasteiger partial charge in [0.05, 0.1) is 25.4 Å². The second-order valence-electron chi connectivity index (χ2n) is 11.9. The molecule has 13 heteroatoms. The molecule has 1 aliphatic heterocycles. The first-order valence-corrected chi connectivity index (χ1v) is 17.3. The monoisotopic (exact) mass is 709 g/mol. The van der Waals surface area contributed by atoms with E-state index in [1.807, 2.05) is 0 Å². The van der Waals surface area contributed by atoms with Crippen LogP contribution in [0.5, 0.6) is 5.75 Å². The molecule has 5 N–H and O–H groups in total. The van der Waals surface area contributed by atoms with Gasteiger partial charge >= 0.3 is 5.97 Å². The molecule has 0 saturated heterocycles. The molecule has 0 spiro atoms. The van der Waals surface area contributed by atoms with Crippen LogP contribution in [0.3, 0.4) is 0 Å². The molecule has 0 aromatic heterocycles. The van der Waals surface area contributed by atoms with Gasteiger partial charge in [0, 0.05) is 66.2 Å². The number of phenolic OH excluding ortho intramolecular Hbond substituents is 1. The minimum atomic E-state index is -1.22. The number of nitrogens with one attached hydrogen (secondary N) is 1. The van der Waals surface area contributed by atoms with E-state index in [0.717, 1.165) is 30.7 Å². The summed E-state index contributed by atoms with van der Waals surface area (Å²) in [6.07, 6.45) is 6.44. The Hall–Kier alpha value is -4.49. The lowest BCUT2D eigenvalue weighted by atomic mass is 9.89. The lowest BCUT2D eigenvalue weighted by molar-refractivity contribution is -0.121. The molecule has 0 atom stereocenters. The van der Waals surface area contributed by atoms with Crippen molar-refractivity contribution in [2.45, 2.75) is 51.4 Å². The number of alkyl halides is 1. The number of nitrogens with zero attached hydrogens (tertiary/aromatic N) is 1. The Labute approximate surface area is 295 Å². The highest BCUT2D eigenvalue weighted by atomic mass is 35.5. The van der Waals surface area contributed by atoms with Gasteiger partial charge in [-0.05, 0) is 73.7 Å². The predicted molar refractivity (Wildman–Crippen MR) is 191 cm³/mol. The zero-order valence-electron chi connectivity index (χ0n) is 28.0. The van der Waals surface area contributed by atoms with Gasteiger partial charge in [0.2, 0.25) is 5.91 Å². The normalized spacial score (nSPS) is 11.2. The number of aromatic carboxylic acids is 1. The third-order valence-electron chi connectivity index (χ3n) is 8.12. The molecule has 50 heavy (non-hydrogen) atoms. The Kier molecular flexibility index (Phi) is 15.0. The van der Waals surface area contributed by atoms with Crippen LogP contribution in [0.4, 0.5) is 0 Å². The Morgan fingerprint density at radius 2 is 1.60 bits per heavy atom. The van der Waals surface area contributed by atoms with E-state index >= 15 is 0 Å². The first-order valence-electron chi connectivity index (χ1n) is 16.8. The Morgan fingerprint density at radius 1 is 0.840 bits per heavy atom. The van der Waals surface area contributed by atoms with E-state index in [-0.39, 0.29) is 51.7 Å². The van der Waals surface area contributed by atoms with Crippen molar-refractivity contribution < 1.29 is 38.5 Å². The van der Waals surface area contributed by atoms with Crippen LogP contribution in [0.15, 0.2) is 63.8 Å². The summed E-state index contributed by atoms with van der Waals surface area (Å²) in [5.41, 5.74) is 1.13. The number of amides is 2. The quantitative estimate of drug-likeness (QED) is 0.0206. The van der Waals surface area contributed by atoms with Crippen LogP contribution >= 0.6 is 11.6 Å². The molecule has 1 aliphatic carbocycles. The van der Waals surface area contributed by atoms with E-state index in [1.165, 1.54) is 48.5 Å². The molecule has 0 fully saturated rings. The molecule has 0 unspecified atom stereocenters. The van der Waals surface area contributed by atoms with Crippen molar-refractivity contribution in [1.29, 1.82) is 0 Å². The fourth-order valence-corrected chi connectivity index (χ4v) is 5.75. The molecule has 2 amide bonds. The van der Waals surface area contributed by atoms with Gasteiger partial charge in [-0.1, -0.05) is 19.3 Å². The smallest absolute Gasteiger partial charge is 0.336 e. The van der Waals surface area contributed by atoms with Crippen molar-refractivity contribution in [3.63, 3.8) is 0 Å². The fourth-order valence-electron chi connectivity index (χ4n) is 5.56. The summed E-state index contributed by atoms with van der Waals surface area (Å²) in [7, 11) is 0. The van der Waals surface area contributed by atoms with Crippen LogP contribution < -0.4 is 16.6 Å². The van der Waals surface area contributed by atoms with Crippen LogP contribution in [0.2, 0.25) is 0 Å². The summed E-state index contributed by atoms with van der Waals surface area (Å²) in [5, 5.41) is 24.5. The number of carbonyl (C=O) groups is 3. The van der Waals surface area contributed by atoms with Gasteiger partial charge in [0.1, 0.15) is 17.1 Å². The molecule has 12 nitrogen and oxygen atoms in total. The Morgan fingerprint density at radius 3 is 2.38 bits per heavy atom. The van der Waals surface area contributed by atoms with Gasteiger partial charge < -0.3 is 29.4 Å².